The molecule has 0 aliphatic heterocycles. The molecule has 2 aliphatic carbocycles. The number of carbonyl (C=O) groups excluding carboxylic acids is 2. The quantitative estimate of drug-likeness (QED) is 0.0891. The molecule has 0 aromatic heterocycles. The fraction of sp³-hybridized carbons (Fsp3) is 0.296. The van der Waals surface area contributed by atoms with Crippen LogP contribution in [0, 0.1) is 19.8 Å². The maximum atomic E-state index is 13.4. The number of esters is 1. The van der Waals surface area contributed by atoms with Crippen LogP contribution in [0.25, 0.3) is 0 Å². The van der Waals surface area contributed by atoms with Gasteiger partial charge in [0.15, 0.2) is 0 Å². The molecule has 0 heterocycles. The third-order valence-corrected chi connectivity index (χ3v) is 12.7. The Morgan fingerprint density at radius 1 is 0.532 bits per heavy atom. The fourth-order valence-corrected chi connectivity index (χ4v) is 9.64. The maximum Gasteiger partial charge on any atom is 0.519 e. The maximum absolute atomic E-state index is 13.4. The van der Waals surface area contributed by atoms with Crippen molar-refractivity contribution in [2.75, 3.05) is 16.9 Å². The van der Waals surface area contributed by atoms with E-state index in [1.54, 1.807) is 13.2 Å². The van der Waals surface area contributed by atoms with Gasteiger partial charge in [0.25, 0.3) is 0 Å². The topological polar surface area (TPSA) is 77.5 Å². The van der Waals surface area contributed by atoms with Crippen molar-refractivity contribution in [1.29, 1.82) is 0 Å². The molecule has 2 fully saturated rings. The molecule has 0 atom stereocenters. The van der Waals surface area contributed by atoms with E-state index in [2.05, 4.69) is 115 Å². The molecule has 0 N–H and O–H groups in total. The largest absolute Gasteiger partial charge is 0.519 e. The molecular weight excluding hydrogens is 773 g/mol. The number of carbonyl (C=O) groups is 2. The Labute approximate surface area is 366 Å². The zero-order valence-corrected chi connectivity index (χ0v) is 36.2. The summed E-state index contributed by atoms with van der Waals surface area (Å²) >= 11 is 0. The van der Waals surface area contributed by atoms with E-state index in [0.717, 1.165) is 84.0 Å². The number of nitrogens with zero attached hydrogens (tertiary/aromatic N) is 2. The highest BCUT2D eigenvalue weighted by atomic mass is 16.7. The van der Waals surface area contributed by atoms with E-state index >= 15 is 0 Å². The van der Waals surface area contributed by atoms with Gasteiger partial charge in [0.05, 0.1) is 7.11 Å². The monoisotopic (exact) mass is 828 g/mol. The number of benzene rings is 6. The normalized spacial score (nSPS) is 17.0. The van der Waals surface area contributed by atoms with Gasteiger partial charge >= 0.3 is 12.1 Å². The Morgan fingerprint density at radius 3 is 1.55 bits per heavy atom. The third-order valence-electron chi connectivity index (χ3n) is 12.7. The van der Waals surface area contributed by atoms with Crippen LogP contribution in [-0.4, -0.2) is 25.3 Å². The summed E-state index contributed by atoms with van der Waals surface area (Å²) in [6.07, 6.45) is 9.08. The highest BCUT2D eigenvalue weighted by molar-refractivity contribution is 5.84. The van der Waals surface area contributed by atoms with Crippen LogP contribution < -0.4 is 24.0 Å². The summed E-state index contributed by atoms with van der Waals surface area (Å²) in [5.74, 6) is 1.90. The second kappa shape index (κ2) is 19.0. The molecule has 0 radical (unpaired) electrons. The first-order chi connectivity index (χ1) is 30.2. The predicted octanol–water partition coefficient (Wildman–Crippen LogP) is 14.2. The third kappa shape index (κ3) is 9.65. The lowest BCUT2D eigenvalue weighted by molar-refractivity contribution is -0.148. The number of aryl methyl sites for hydroxylation is 2. The molecule has 6 aromatic carbocycles. The van der Waals surface area contributed by atoms with Gasteiger partial charge in [0.2, 0.25) is 0 Å². The smallest absolute Gasteiger partial charge is 0.497 e. The SMILES string of the molecule is COc1cccc(N(c2ccc(C)cc2)c2cccc(N(c3ccc(C)cc3)c3cccc(OC(=O)Oc4ccc(C5(C6CCC(OC(C)=O)CC6)CCCCC5)cc4)c3)c2)c1. The van der Waals surface area contributed by atoms with E-state index < -0.39 is 6.16 Å². The zero-order valence-electron chi connectivity index (χ0n) is 36.2. The molecule has 318 valence electrons. The molecule has 0 saturated heterocycles. The second-order valence-corrected chi connectivity index (χ2v) is 16.8. The number of ether oxygens (including phenoxy) is 4. The number of anilines is 6. The Balaban J connectivity index is 1.03. The minimum Gasteiger partial charge on any atom is -0.497 e. The minimum atomic E-state index is -0.804. The van der Waals surface area contributed by atoms with Crippen molar-refractivity contribution in [3.63, 3.8) is 0 Å². The van der Waals surface area contributed by atoms with Crippen LogP contribution in [0.3, 0.4) is 0 Å². The van der Waals surface area contributed by atoms with Gasteiger partial charge in [-0.05, 0) is 148 Å². The van der Waals surface area contributed by atoms with Crippen molar-refractivity contribution in [3.05, 3.63) is 162 Å². The van der Waals surface area contributed by atoms with Crippen LogP contribution in [0.1, 0.15) is 81.4 Å². The van der Waals surface area contributed by atoms with Crippen molar-refractivity contribution in [2.24, 2.45) is 5.92 Å². The molecule has 8 rings (SSSR count). The van der Waals surface area contributed by atoms with Crippen LogP contribution >= 0.6 is 0 Å². The summed E-state index contributed by atoms with van der Waals surface area (Å²) in [5.41, 5.74) is 9.31. The second-order valence-electron chi connectivity index (χ2n) is 16.8. The summed E-state index contributed by atoms with van der Waals surface area (Å²) in [4.78, 5) is 29.4. The van der Waals surface area contributed by atoms with Crippen molar-refractivity contribution in [2.45, 2.75) is 90.1 Å². The number of hydrogen-bond donors (Lipinski definition) is 0. The van der Waals surface area contributed by atoms with E-state index in [0.29, 0.717) is 17.4 Å². The average molecular weight is 829 g/mol. The average Bonchev–Trinajstić information content (AvgIpc) is 3.29. The van der Waals surface area contributed by atoms with Crippen molar-refractivity contribution in [1.82, 2.24) is 0 Å². The molecule has 0 unspecified atom stereocenters. The molecular formula is C54H56N2O6. The lowest BCUT2D eigenvalue weighted by Gasteiger charge is -2.47. The first-order valence-electron chi connectivity index (χ1n) is 21.9. The Morgan fingerprint density at radius 2 is 1.02 bits per heavy atom. The predicted molar refractivity (Wildman–Crippen MR) is 247 cm³/mol. The van der Waals surface area contributed by atoms with E-state index in [4.69, 9.17) is 18.9 Å². The first-order valence-corrected chi connectivity index (χ1v) is 21.9. The van der Waals surface area contributed by atoms with Gasteiger partial charge in [-0.2, -0.15) is 0 Å². The summed E-state index contributed by atoms with van der Waals surface area (Å²) in [6.45, 7) is 5.66. The molecule has 0 spiro atoms. The summed E-state index contributed by atoms with van der Waals surface area (Å²) in [7, 11) is 1.68. The van der Waals surface area contributed by atoms with E-state index in [9.17, 15) is 9.59 Å². The lowest BCUT2D eigenvalue weighted by Crippen LogP contribution is -2.40. The summed E-state index contributed by atoms with van der Waals surface area (Å²) in [6, 6.07) is 48.9. The van der Waals surface area contributed by atoms with Gasteiger partial charge in [0, 0.05) is 53.2 Å². The molecule has 2 saturated carbocycles. The Bertz CT molecular complexity index is 2450. The van der Waals surface area contributed by atoms with Gasteiger partial charge in [-0.1, -0.05) is 85.0 Å². The highest BCUT2D eigenvalue weighted by Crippen LogP contribution is 2.51. The fourth-order valence-electron chi connectivity index (χ4n) is 9.64. The van der Waals surface area contributed by atoms with Gasteiger partial charge in [-0.25, -0.2) is 4.79 Å². The van der Waals surface area contributed by atoms with E-state index in [1.165, 1.54) is 37.3 Å². The van der Waals surface area contributed by atoms with Gasteiger partial charge in [0.1, 0.15) is 23.4 Å². The molecule has 0 bridgehead atoms. The Kier molecular flexibility index (Phi) is 12.9. The van der Waals surface area contributed by atoms with Crippen LogP contribution in [0.4, 0.5) is 38.9 Å². The van der Waals surface area contributed by atoms with Crippen LogP contribution in [0.2, 0.25) is 0 Å². The molecule has 2 aliphatic rings. The van der Waals surface area contributed by atoms with Gasteiger partial charge in [-0.3, -0.25) is 4.79 Å². The van der Waals surface area contributed by atoms with Crippen LogP contribution in [0.15, 0.2) is 146 Å². The number of methoxy groups -OCH3 is 1. The van der Waals surface area contributed by atoms with Crippen molar-refractivity contribution in [3.8, 4) is 17.2 Å². The number of hydrogen-bond acceptors (Lipinski definition) is 8. The zero-order chi connectivity index (χ0) is 43.1. The summed E-state index contributed by atoms with van der Waals surface area (Å²) < 4.78 is 22.8. The highest BCUT2D eigenvalue weighted by Gasteiger charge is 2.43. The number of rotatable bonds is 12. The molecule has 0 amide bonds. The van der Waals surface area contributed by atoms with Crippen molar-refractivity contribution >= 4 is 46.2 Å². The van der Waals surface area contributed by atoms with Crippen molar-refractivity contribution < 1.29 is 28.5 Å². The summed E-state index contributed by atoms with van der Waals surface area (Å²) in [5, 5.41) is 0. The lowest BCUT2D eigenvalue weighted by atomic mass is 9.58. The standard InChI is InChI=1S/C54H56N2O6/c1-38-17-25-43(26-18-38)55(47-13-9-15-51(36-47)59-4)45-11-8-12-46(35-45)56(44-27-19-39(2)20-28-44)48-14-10-16-52(37-48)62-53(58)61-50-31-23-42(24-32-50)54(33-6-5-7-34-54)41-21-29-49(30-22-41)60-40(3)57/h8-20,23-28,31-32,35-37,41,49H,5-7,21-22,29-30,33-34H2,1-4H3. The van der Waals surface area contributed by atoms with Crippen LogP contribution in [0.5, 0.6) is 17.2 Å². The van der Waals surface area contributed by atoms with E-state index in [1.807, 2.05) is 48.5 Å². The molecule has 6 aromatic rings. The first kappa shape index (κ1) is 42.2. The molecule has 62 heavy (non-hydrogen) atoms. The van der Waals surface area contributed by atoms with E-state index in [-0.39, 0.29) is 17.5 Å². The molecule has 8 nitrogen and oxygen atoms in total. The van der Waals surface area contributed by atoms with Crippen LogP contribution in [-0.2, 0) is 14.9 Å². The van der Waals surface area contributed by atoms with Gasteiger partial charge < -0.3 is 28.7 Å². The Hall–Kier alpha value is -6.54. The van der Waals surface area contributed by atoms with Gasteiger partial charge in [-0.15, -0.1) is 0 Å². The molecule has 8 heteroatoms. The minimum absolute atomic E-state index is 0.0227.